The molecular weight excluding hydrogens is 296 g/mol. The first kappa shape index (κ1) is 15.0. The number of carbonyl (C=O) groups excluding carboxylic acids is 1. The number of esters is 1. The molecule has 0 fully saturated rings. The molecule has 0 saturated heterocycles. The minimum Gasteiger partial charge on any atom is -0.444 e. The molecule has 3 rings (SSSR count). The molecule has 0 amide bonds. The van der Waals surface area contributed by atoms with E-state index in [-0.39, 0.29) is 5.89 Å². The van der Waals surface area contributed by atoms with Crippen LogP contribution in [0.3, 0.4) is 0 Å². The molecule has 1 unspecified atom stereocenters. The highest BCUT2D eigenvalue weighted by Crippen LogP contribution is 2.25. The molecule has 3 aromatic rings. The van der Waals surface area contributed by atoms with Gasteiger partial charge in [0.15, 0.2) is 5.82 Å². The maximum atomic E-state index is 12.4. The molecule has 2 aromatic heterocycles. The molecule has 1 aromatic carbocycles. The maximum absolute atomic E-state index is 12.4. The smallest absolute Gasteiger partial charge is 0.342 e. The Kier molecular flexibility index (Phi) is 4.18. The van der Waals surface area contributed by atoms with Crippen LogP contribution in [0, 0.1) is 6.92 Å². The van der Waals surface area contributed by atoms with E-state index in [0.717, 1.165) is 5.56 Å². The zero-order valence-electron chi connectivity index (χ0n) is 12.8. The molecule has 2 heterocycles. The van der Waals surface area contributed by atoms with E-state index in [2.05, 4.69) is 15.2 Å². The summed E-state index contributed by atoms with van der Waals surface area (Å²) in [5.41, 5.74) is 1.14. The molecular formula is C16H16N4O3. The van der Waals surface area contributed by atoms with Crippen LogP contribution in [-0.2, 0) is 11.3 Å². The summed E-state index contributed by atoms with van der Waals surface area (Å²) in [7, 11) is 0. The first-order valence-electron chi connectivity index (χ1n) is 7.26. The van der Waals surface area contributed by atoms with Gasteiger partial charge < -0.3 is 9.26 Å². The van der Waals surface area contributed by atoms with Crippen molar-refractivity contribution in [1.82, 2.24) is 19.9 Å². The molecule has 0 aliphatic heterocycles. The number of nitrogens with zero attached hydrogens (tertiary/aromatic N) is 4. The van der Waals surface area contributed by atoms with E-state index in [9.17, 15) is 4.79 Å². The van der Waals surface area contributed by atoms with Crippen LogP contribution in [0.2, 0.25) is 0 Å². The van der Waals surface area contributed by atoms with Gasteiger partial charge in [-0.2, -0.15) is 10.1 Å². The first-order valence-corrected chi connectivity index (χ1v) is 7.26. The van der Waals surface area contributed by atoms with Crippen LogP contribution in [0.4, 0.5) is 0 Å². The van der Waals surface area contributed by atoms with Crippen LogP contribution in [0.15, 0.2) is 47.2 Å². The lowest BCUT2D eigenvalue weighted by Gasteiger charge is -2.14. The van der Waals surface area contributed by atoms with Crippen LogP contribution in [0.5, 0.6) is 0 Å². The first-order chi connectivity index (χ1) is 11.2. The van der Waals surface area contributed by atoms with Gasteiger partial charge in [0.2, 0.25) is 6.10 Å². The zero-order chi connectivity index (χ0) is 16.2. The molecule has 0 aliphatic rings. The third-order valence-corrected chi connectivity index (χ3v) is 3.29. The van der Waals surface area contributed by atoms with E-state index in [0.29, 0.717) is 17.9 Å². The van der Waals surface area contributed by atoms with Gasteiger partial charge in [-0.25, -0.2) is 4.79 Å². The number of hydrogen-bond acceptors (Lipinski definition) is 6. The topological polar surface area (TPSA) is 83.0 Å². The highest BCUT2D eigenvalue weighted by Gasteiger charge is 2.26. The summed E-state index contributed by atoms with van der Waals surface area (Å²) in [6.45, 7) is 4.33. The molecule has 0 bridgehead atoms. The second-order valence-electron chi connectivity index (χ2n) is 4.96. The van der Waals surface area contributed by atoms with Crippen molar-refractivity contribution < 1.29 is 14.1 Å². The van der Waals surface area contributed by atoms with Gasteiger partial charge in [0.1, 0.15) is 0 Å². The summed E-state index contributed by atoms with van der Waals surface area (Å²) in [6.07, 6.45) is 2.37. The van der Waals surface area contributed by atoms with Gasteiger partial charge in [-0.3, -0.25) is 4.68 Å². The monoisotopic (exact) mass is 312 g/mol. The number of benzene rings is 1. The molecule has 1 atom stereocenters. The molecule has 7 heteroatoms. The normalized spacial score (nSPS) is 12.1. The quantitative estimate of drug-likeness (QED) is 0.673. The van der Waals surface area contributed by atoms with Gasteiger partial charge in [0.05, 0.1) is 11.8 Å². The highest BCUT2D eigenvalue weighted by molar-refractivity contribution is 5.89. The number of hydrogen-bond donors (Lipinski definition) is 0. The summed E-state index contributed by atoms with van der Waals surface area (Å²) < 4.78 is 12.4. The standard InChI is InChI=1S/C16H16N4O3/c1-3-20-10-13(9-17-20)16(21)22-14(12-7-5-4-6-8-12)15-18-11(2)19-23-15/h4-10,14H,3H2,1-2H3. The van der Waals surface area contributed by atoms with E-state index in [1.807, 2.05) is 37.3 Å². The number of aromatic nitrogens is 4. The van der Waals surface area contributed by atoms with Gasteiger partial charge in [0.25, 0.3) is 5.89 Å². The molecule has 0 radical (unpaired) electrons. The number of carbonyl (C=O) groups is 1. The van der Waals surface area contributed by atoms with Gasteiger partial charge in [-0.1, -0.05) is 35.5 Å². The average molecular weight is 312 g/mol. The summed E-state index contributed by atoms with van der Waals surface area (Å²) >= 11 is 0. The van der Waals surface area contributed by atoms with Gasteiger partial charge >= 0.3 is 5.97 Å². The molecule has 118 valence electrons. The van der Waals surface area contributed by atoms with E-state index >= 15 is 0 Å². The highest BCUT2D eigenvalue weighted by atomic mass is 16.6. The fourth-order valence-electron chi connectivity index (χ4n) is 2.13. The predicted octanol–water partition coefficient (Wildman–Crippen LogP) is 2.54. The third-order valence-electron chi connectivity index (χ3n) is 3.29. The summed E-state index contributed by atoms with van der Waals surface area (Å²) in [5, 5.41) is 7.84. The Morgan fingerprint density at radius 2 is 2.13 bits per heavy atom. The Labute approximate surface area is 132 Å². The summed E-state index contributed by atoms with van der Waals surface area (Å²) in [6, 6.07) is 9.27. The van der Waals surface area contributed by atoms with Crippen LogP contribution >= 0.6 is 0 Å². The zero-order valence-corrected chi connectivity index (χ0v) is 12.8. The maximum Gasteiger partial charge on any atom is 0.342 e. The lowest BCUT2D eigenvalue weighted by molar-refractivity contribution is 0.0314. The Morgan fingerprint density at radius 1 is 1.35 bits per heavy atom. The van der Waals surface area contributed by atoms with Crippen molar-refractivity contribution in [2.45, 2.75) is 26.5 Å². The number of aryl methyl sites for hydroxylation is 2. The summed E-state index contributed by atoms with van der Waals surface area (Å²) in [4.78, 5) is 16.6. The van der Waals surface area contributed by atoms with Crippen LogP contribution < -0.4 is 0 Å². The van der Waals surface area contributed by atoms with Crippen molar-refractivity contribution in [3.8, 4) is 0 Å². The number of rotatable bonds is 5. The van der Waals surface area contributed by atoms with Crippen molar-refractivity contribution in [2.75, 3.05) is 0 Å². The molecule has 23 heavy (non-hydrogen) atoms. The Bertz CT molecular complexity index is 795. The summed E-state index contributed by atoms with van der Waals surface area (Å²) in [5.74, 6) is 0.232. The average Bonchev–Trinajstić information content (AvgIpc) is 3.22. The Morgan fingerprint density at radius 3 is 2.74 bits per heavy atom. The van der Waals surface area contributed by atoms with Gasteiger partial charge in [-0.05, 0) is 13.8 Å². The lowest BCUT2D eigenvalue weighted by Crippen LogP contribution is -2.13. The second-order valence-corrected chi connectivity index (χ2v) is 4.96. The fraction of sp³-hybridized carbons (Fsp3) is 0.250. The molecule has 0 N–H and O–H groups in total. The van der Waals surface area contributed by atoms with Crippen molar-refractivity contribution in [1.29, 1.82) is 0 Å². The van der Waals surface area contributed by atoms with Gasteiger partial charge in [0, 0.05) is 18.3 Å². The largest absolute Gasteiger partial charge is 0.444 e. The van der Waals surface area contributed by atoms with Gasteiger partial charge in [-0.15, -0.1) is 0 Å². The van der Waals surface area contributed by atoms with Crippen molar-refractivity contribution >= 4 is 5.97 Å². The second kappa shape index (κ2) is 6.43. The van der Waals surface area contributed by atoms with E-state index in [1.54, 1.807) is 17.8 Å². The molecule has 7 nitrogen and oxygen atoms in total. The van der Waals surface area contributed by atoms with Crippen LogP contribution in [-0.4, -0.2) is 25.9 Å². The predicted molar refractivity (Wildman–Crippen MR) is 80.6 cm³/mol. The third kappa shape index (κ3) is 3.28. The van der Waals surface area contributed by atoms with Crippen LogP contribution in [0.1, 0.15) is 40.7 Å². The van der Waals surface area contributed by atoms with Crippen LogP contribution in [0.25, 0.3) is 0 Å². The van der Waals surface area contributed by atoms with E-state index in [1.165, 1.54) is 6.20 Å². The Hall–Kier alpha value is -2.96. The minimum absolute atomic E-state index is 0.241. The number of ether oxygens (including phenoxy) is 1. The SMILES string of the molecule is CCn1cc(C(=O)OC(c2ccccc2)c2nc(C)no2)cn1. The fourth-order valence-corrected chi connectivity index (χ4v) is 2.13. The van der Waals surface area contributed by atoms with E-state index < -0.39 is 12.1 Å². The van der Waals surface area contributed by atoms with Crippen molar-refractivity contribution in [3.63, 3.8) is 0 Å². The molecule has 0 spiro atoms. The van der Waals surface area contributed by atoms with Crippen molar-refractivity contribution in [3.05, 3.63) is 65.6 Å². The lowest BCUT2D eigenvalue weighted by atomic mass is 10.1. The van der Waals surface area contributed by atoms with Crippen molar-refractivity contribution in [2.24, 2.45) is 0 Å². The molecule has 0 aliphatic carbocycles. The molecule has 0 saturated carbocycles. The Balaban J connectivity index is 1.88. The van der Waals surface area contributed by atoms with E-state index in [4.69, 9.17) is 9.26 Å². The minimum atomic E-state index is -0.755.